The van der Waals surface area contributed by atoms with Crippen LogP contribution >= 0.6 is 47.8 Å². The Kier molecular flexibility index (Phi) is 4.24. The summed E-state index contributed by atoms with van der Waals surface area (Å²) in [5.74, 6) is 0.672. The third-order valence-electron chi connectivity index (χ3n) is 2.84. The molecule has 0 spiro atoms. The lowest BCUT2D eigenvalue weighted by molar-refractivity contribution is -0.115. The highest BCUT2D eigenvalue weighted by Gasteiger charge is 2.23. The second-order valence-electron chi connectivity index (χ2n) is 4.38. The Morgan fingerprint density at radius 3 is 2.55 bits per heavy atom. The quantitative estimate of drug-likeness (QED) is 0.458. The van der Waals surface area contributed by atoms with Crippen LogP contribution in [0.25, 0.3) is 6.08 Å². The van der Waals surface area contributed by atoms with Gasteiger partial charge in [0.2, 0.25) is 0 Å². The number of halogens is 3. The first-order valence-corrected chi connectivity index (χ1v) is 8.37. The maximum absolute atomic E-state index is 12.1. The number of hydrogen-bond acceptors (Lipinski definition) is 4. The highest BCUT2D eigenvalue weighted by atomic mass is 79.9. The van der Waals surface area contributed by atoms with Gasteiger partial charge in [0, 0.05) is 0 Å². The number of nitrogens with zero attached hydrogens (tertiary/aromatic N) is 1. The van der Waals surface area contributed by atoms with E-state index in [0.717, 1.165) is 0 Å². The average molecular weight is 491 g/mol. The summed E-state index contributed by atoms with van der Waals surface area (Å²) < 4.78 is 7.21. The van der Waals surface area contributed by atoms with Crippen LogP contribution < -0.4 is 10.1 Å². The van der Waals surface area contributed by atoms with Crippen molar-refractivity contribution in [3.8, 4) is 11.5 Å². The predicted octanol–water partition coefficient (Wildman–Crippen LogP) is 4.45. The van der Waals surface area contributed by atoms with E-state index in [-0.39, 0.29) is 11.5 Å². The molecule has 0 radical (unpaired) electrons. The lowest BCUT2D eigenvalue weighted by Crippen LogP contribution is -2.24. The van der Waals surface area contributed by atoms with Crippen LogP contribution in [0.3, 0.4) is 0 Å². The zero-order chi connectivity index (χ0) is 15.9. The molecule has 0 saturated heterocycles. The molecular weight excluding hydrogens is 484 g/mol. The second-order valence-corrected chi connectivity index (χ2v) is 6.90. The van der Waals surface area contributed by atoms with E-state index in [1.807, 2.05) is 0 Å². The van der Waals surface area contributed by atoms with Crippen molar-refractivity contribution < 1.29 is 14.6 Å². The van der Waals surface area contributed by atoms with Crippen molar-refractivity contribution in [1.29, 1.82) is 0 Å². The summed E-state index contributed by atoms with van der Waals surface area (Å²) in [5.41, 5.74) is 0.690. The zero-order valence-corrected chi connectivity index (χ0v) is 15.5. The van der Waals surface area contributed by atoms with Gasteiger partial charge in [-0.2, -0.15) is 0 Å². The van der Waals surface area contributed by atoms with Gasteiger partial charge in [0.25, 0.3) is 5.91 Å². The van der Waals surface area contributed by atoms with Crippen LogP contribution in [-0.2, 0) is 4.79 Å². The number of carbonyl (C=O) groups excluding carboxylic acids is 1. The molecule has 1 aliphatic heterocycles. The van der Waals surface area contributed by atoms with Gasteiger partial charge in [-0.3, -0.25) is 4.79 Å². The van der Waals surface area contributed by atoms with Crippen LogP contribution in [0.15, 0.2) is 43.6 Å². The van der Waals surface area contributed by atoms with Gasteiger partial charge in [-0.25, -0.2) is 4.98 Å². The Morgan fingerprint density at radius 1 is 1.18 bits per heavy atom. The molecule has 2 N–H and O–H groups in total. The summed E-state index contributed by atoms with van der Waals surface area (Å²) in [6.45, 7) is 0. The van der Waals surface area contributed by atoms with Gasteiger partial charge in [-0.05, 0) is 83.7 Å². The smallest absolute Gasteiger partial charge is 0.292 e. The monoisotopic (exact) mass is 488 g/mol. The Bertz CT molecular complexity index is 798. The van der Waals surface area contributed by atoms with Gasteiger partial charge in [-0.15, -0.1) is 0 Å². The number of anilines is 1. The minimum Gasteiger partial charge on any atom is -0.506 e. The summed E-state index contributed by atoms with van der Waals surface area (Å²) >= 11 is 9.72. The Morgan fingerprint density at radius 2 is 1.86 bits per heavy atom. The highest BCUT2D eigenvalue weighted by molar-refractivity contribution is 9.11. The Balaban J connectivity index is 1.99. The fraction of sp³-hybridized carbons (Fsp3) is 0. The van der Waals surface area contributed by atoms with Crippen molar-refractivity contribution in [3.05, 3.63) is 49.1 Å². The van der Waals surface area contributed by atoms with E-state index >= 15 is 0 Å². The maximum atomic E-state index is 12.1. The number of rotatable bonds is 1. The van der Waals surface area contributed by atoms with E-state index in [2.05, 4.69) is 58.1 Å². The normalized spacial score (nSPS) is 15.2. The molecule has 0 unspecified atom stereocenters. The molecule has 22 heavy (non-hydrogen) atoms. The number of aromatic hydroxyl groups is 1. The fourth-order valence-electron chi connectivity index (χ4n) is 1.84. The third kappa shape index (κ3) is 3.04. The molecule has 0 atom stereocenters. The summed E-state index contributed by atoms with van der Waals surface area (Å²) in [5, 5.41) is 12.4. The van der Waals surface area contributed by atoms with Gasteiger partial charge in [0.05, 0.1) is 8.95 Å². The summed E-state index contributed by atoms with van der Waals surface area (Å²) in [6.07, 6.45) is 1.58. The third-order valence-corrected chi connectivity index (χ3v) is 4.49. The van der Waals surface area contributed by atoms with E-state index in [1.54, 1.807) is 30.3 Å². The second kappa shape index (κ2) is 6.02. The number of aromatic nitrogens is 1. The molecule has 0 aliphatic carbocycles. The standard InChI is InChI=1S/C14H7Br3N2O3/c15-7-3-6(4-8(16)12(7)20)5-10-14(21)19-13-9(22-10)1-2-11(17)18-13/h1-5,20H,(H,18,19,21)/b10-5-. The van der Waals surface area contributed by atoms with E-state index in [1.165, 1.54) is 0 Å². The fourth-order valence-corrected chi connectivity index (χ4v) is 3.37. The van der Waals surface area contributed by atoms with Gasteiger partial charge < -0.3 is 15.2 Å². The molecule has 0 fully saturated rings. The number of benzene rings is 1. The van der Waals surface area contributed by atoms with E-state index in [9.17, 15) is 9.90 Å². The van der Waals surface area contributed by atoms with Crippen molar-refractivity contribution in [2.75, 3.05) is 5.32 Å². The molecule has 8 heteroatoms. The van der Waals surface area contributed by atoms with Crippen LogP contribution in [0.1, 0.15) is 5.56 Å². The van der Waals surface area contributed by atoms with Gasteiger partial charge in [-0.1, -0.05) is 0 Å². The van der Waals surface area contributed by atoms with Gasteiger partial charge in [0.15, 0.2) is 17.3 Å². The molecule has 2 heterocycles. The molecule has 1 aromatic carbocycles. The van der Waals surface area contributed by atoms with E-state index in [4.69, 9.17) is 4.74 Å². The number of fused-ring (bicyclic) bond motifs is 1. The molecule has 0 bridgehead atoms. The first-order valence-electron chi connectivity index (χ1n) is 5.99. The topological polar surface area (TPSA) is 71.5 Å². The predicted molar refractivity (Wildman–Crippen MR) is 92.7 cm³/mol. The Labute approximate surface area is 150 Å². The number of carbonyl (C=O) groups is 1. The summed E-state index contributed by atoms with van der Waals surface area (Å²) in [7, 11) is 0. The summed E-state index contributed by atoms with van der Waals surface area (Å²) in [4.78, 5) is 16.2. The average Bonchev–Trinajstić information content (AvgIpc) is 2.45. The number of phenolic OH excluding ortho intramolecular Hbond substituents is 1. The van der Waals surface area contributed by atoms with Crippen molar-refractivity contribution >= 4 is 65.6 Å². The lowest BCUT2D eigenvalue weighted by Gasteiger charge is -2.19. The summed E-state index contributed by atoms with van der Waals surface area (Å²) in [6, 6.07) is 6.79. The number of nitrogens with one attached hydrogen (secondary N) is 1. The molecule has 1 aromatic heterocycles. The molecule has 0 saturated carbocycles. The minimum absolute atomic E-state index is 0.0931. The van der Waals surface area contributed by atoms with E-state index in [0.29, 0.717) is 30.7 Å². The minimum atomic E-state index is -0.390. The number of pyridine rings is 1. The highest BCUT2D eigenvalue weighted by Crippen LogP contribution is 2.35. The maximum Gasteiger partial charge on any atom is 0.292 e. The van der Waals surface area contributed by atoms with Crippen molar-refractivity contribution in [2.45, 2.75) is 0 Å². The van der Waals surface area contributed by atoms with E-state index < -0.39 is 5.91 Å². The molecule has 3 rings (SSSR count). The molecular formula is C14H7Br3N2O3. The zero-order valence-electron chi connectivity index (χ0n) is 10.7. The SMILES string of the molecule is O=C1Nc2nc(Br)ccc2O/C1=C\c1cc(Br)c(O)c(Br)c1. The molecule has 1 aliphatic rings. The number of amides is 1. The Hall–Kier alpha value is -1.38. The number of phenols is 1. The molecule has 112 valence electrons. The molecule has 1 amide bonds. The largest absolute Gasteiger partial charge is 0.506 e. The molecule has 2 aromatic rings. The lowest BCUT2D eigenvalue weighted by atomic mass is 10.2. The van der Waals surface area contributed by atoms with Crippen molar-refractivity contribution in [3.63, 3.8) is 0 Å². The number of hydrogen-bond donors (Lipinski definition) is 2. The molecule has 5 nitrogen and oxygen atoms in total. The van der Waals surface area contributed by atoms with Crippen molar-refractivity contribution in [1.82, 2.24) is 4.98 Å². The van der Waals surface area contributed by atoms with Crippen LogP contribution in [0.4, 0.5) is 5.82 Å². The van der Waals surface area contributed by atoms with Crippen LogP contribution in [0, 0.1) is 0 Å². The van der Waals surface area contributed by atoms with Crippen LogP contribution in [-0.4, -0.2) is 16.0 Å². The van der Waals surface area contributed by atoms with Crippen molar-refractivity contribution in [2.24, 2.45) is 0 Å². The first-order chi connectivity index (χ1) is 10.4. The van der Waals surface area contributed by atoms with Crippen LogP contribution in [0.2, 0.25) is 0 Å². The number of ether oxygens (including phenoxy) is 1. The first kappa shape index (κ1) is 15.5. The van der Waals surface area contributed by atoms with Crippen LogP contribution in [0.5, 0.6) is 11.5 Å². The van der Waals surface area contributed by atoms with Gasteiger partial charge >= 0.3 is 0 Å². The van der Waals surface area contributed by atoms with Gasteiger partial charge in [0.1, 0.15) is 10.4 Å².